The maximum absolute atomic E-state index is 5.83. The third-order valence-corrected chi connectivity index (χ3v) is 5.45. The number of fused-ring (bicyclic) bond motifs is 1. The fourth-order valence-corrected chi connectivity index (χ4v) is 4.60. The van der Waals surface area contributed by atoms with Gasteiger partial charge >= 0.3 is 0 Å². The van der Waals surface area contributed by atoms with Crippen LogP contribution in [-0.4, -0.2) is 6.54 Å². The van der Waals surface area contributed by atoms with Gasteiger partial charge in [0.2, 0.25) is 0 Å². The molecule has 2 nitrogen and oxygen atoms in total. The summed E-state index contributed by atoms with van der Waals surface area (Å²) < 4.78 is 1.21. The fourth-order valence-electron chi connectivity index (χ4n) is 2.50. The minimum absolute atomic E-state index is 0.637. The summed E-state index contributed by atoms with van der Waals surface area (Å²) >= 11 is 5.47. The lowest BCUT2D eigenvalue weighted by Gasteiger charge is -2.29. The molecule has 2 N–H and O–H groups in total. The molecule has 0 fully saturated rings. The van der Waals surface area contributed by atoms with Crippen molar-refractivity contribution in [1.29, 1.82) is 0 Å². The van der Waals surface area contributed by atoms with Crippen LogP contribution < -0.4 is 10.6 Å². The number of thiophene rings is 1. The molecule has 1 aromatic carbocycles. The van der Waals surface area contributed by atoms with Crippen LogP contribution >= 0.6 is 27.3 Å². The van der Waals surface area contributed by atoms with Crippen LogP contribution in [0.5, 0.6) is 0 Å². The van der Waals surface area contributed by atoms with Crippen LogP contribution in [-0.2, 0) is 19.5 Å². The van der Waals surface area contributed by atoms with Crippen LogP contribution in [0.4, 0.5) is 5.69 Å². The van der Waals surface area contributed by atoms with E-state index in [1.54, 1.807) is 0 Å². The summed E-state index contributed by atoms with van der Waals surface area (Å²) in [6, 6.07) is 10.6. The molecule has 18 heavy (non-hydrogen) atoms. The topological polar surface area (TPSA) is 29.3 Å². The molecule has 4 heteroatoms. The highest BCUT2D eigenvalue weighted by Crippen LogP contribution is 2.37. The summed E-state index contributed by atoms with van der Waals surface area (Å²) in [6.45, 7) is 2.72. The Labute approximate surface area is 120 Å². The number of benzene rings is 1. The Morgan fingerprint density at radius 3 is 2.78 bits per heavy atom. The van der Waals surface area contributed by atoms with Gasteiger partial charge in [-0.2, -0.15) is 0 Å². The van der Waals surface area contributed by atoms with E-state index in [0.29, 0.717) is 6.54 Å². The average molecular weight is 323 g/mol. The van der Waals surface area contributed by atoms with E-state index in [0.717, 1.165) is 19.5 Å². The predicted octanol–water partition coefficient (Wildman–Crippen LogP) is 3.53. The summed E-state index contributed by atoms with van der Waals surface area (Å²) in [5.74, 6) is 0. The van der Waals surface area contributed by atoms with Crippen LogP contribution in [0.15, 0.2) is 34.1 Å². The van der Waals surface area contributed by atoms with Crippen LogP contribution in [0, 0.1) is 0 Å². The Hall–Kier alpha value is -0.840. The summed E-state index contributed by atoms with van der Waals surface area (Å²) in [5, 5.41) is 0. The Morgan fingerprint density at radius 1 is 1.28 bits per heavy atom. The third-order valence-electron chi connectivity index (χ3n) is 3.44. The molecule has 1 aliphatic rings. The smallest absolute Gasteiger partial charge is 0.0749 e. The minimum atomic E-state index is 0.637. The Morgan fingerprint density at radius 2 is 2.06 bits per heavy atom. The van der Waals surface area contributed by atoms with Crippen molar-refractivity contribution in [3.05, 3.63) is 50.1 Å². The van der Waals surface area contributed by atoms with Gasteiger partial charge in [-0.25, -0.2) is 0 Å². The first-order chi connectivity index (χ1) is 8.79. The van der Waals surface area contributed by atoms with Crippen molar-refractivity contribution in [3.63, 3.8) is 0 Å². The van der Waals surface area contributed by atoms with Crippen LogP contribution in [0.2, 0.25) is 0 Å². The molecular weight excluding hydrogens is 308 g/mol. The molecule has 0 unspecified atom stereocenters. The van der Waals surface area contributed by atoms with Gasteiger partial charge in [-0.1, -0.05) is 18.2 Å². The lowest BCUT2D eigenvalue weighted by atomic mass is 10.0. The zero-order valence-corrected chi connectivity index (χ0v) is 12.4. The zero-order valence-electron chi connectivity index (χ0n) is 10.0. The molecule has 0 atom stereocenters. The molecule has 3 rings (SSSR count). The predicted molar refractivity (Wildman–Crippen MR) is 81.1 cm³/mol. The van der Waals surface area contributed by atoms with E-state index < -0.39 is 0 Å². The van der Waals surface area contributed by atoms with Crippen molar-refractivity contribution in [1.82, 2.24) is 0 Å². The second-order valence-electron chi connectivity index (χ2n) is 4.47. The van der Waals surface area contributed by atoms with E-state index in [9.17, 15) is 0 Å². The molecular formula is C14H15BrN2S. The van der Waals surface area contributed by atoms with Crippen molar-refractivity contribution in [2.45, 2.75) is 19.5 Å². The molecule has 2 heterocycles. The van der Waals surface area contributed by atoms with Crippen LogP contribution in [0.1, 0.15) is 16.0 Å². The third kappa shape index (κ3) is 2.09. The van der Waals surface area contributed by atoms with Gasteiger partial charge in [0, 0.05) is 23.7 Å². The highest BCUT2D eigenvalue weighted by Gasteiger charge is 2.22. The number of nitrogens with two attached hydrogens (primary N) is 1. The van der Waals surface area contributed by atoms with Gasteiger partial charge < -0.3 is 10.6 Å². The van der Waals surface area contributed by atoms with Crippen LogP contribution in [0.25, 0.3) is 0 Å². The lowest BCUT2D eigenvalue weighted by Crippen LogP contribution is -2.29. The molecule has 1 aromatic heterocycles. The maximum Gasteiger partial charge on any atom is 0.0749 e. The first-order valence-corrected chi connectivity index (χ1v) is 7.69. The SMILES string of the molecule is NCc1c(Br)sc2c1CCN(c1ccccc1)C2. The van der Waals surface area contributed by atoms with Crippen molar-refractivity contribution in [3.8, 4) is 0 Å². The van der Waals surface area contributed by atoms with E-state index in [1.807, 2.05) is 11.3 Å². The monoisotopic (exact) mass is 322 g/mol. The van der Waals surface area contributed by atoms with Gasteiger partial charge in [0.25, 0.3) is 0 Å². The fraction of sp³-hybridized carbons (Fsp3) is 0.286. The van der Waals surface area contributed by atoms with E-state index in [2.05, 4.69) is 51.2 Å². The normalized spacial score (nSPS) is 14.7. The summed E-state index contributed by atoms with van der Waals surface area (Å²) in [6.07, 6.45) is 1.10. The number of hydrogen-bond donors (Lipinski definition) is 1. The van der Waals surface area contributed by atoms with Crippen molar-refractivity contribution < 1.29 is 0 Å². The van der Waals surface area contributed by atoms with Crippen molar-refractivity contribution >= 4 is 33.0 Å². The van der Waals surface area contributed by atoms with Gasteiger partial charge in [0.05, 0.1) is 10.3 Å². The quantitative estimate of drug-likeness (QED) is 0.916. The molecule has 1 aliphatic heterocycles. The highest BCUT2D eigenvalue weighted by atomic mass is 79.9. The second kappa shape index (κ2) is 5.03. The first kappa shape index (κ1) is 12.2. The average Bonchev–Trinajstić information content (AvgIpc) is 2.74. The first-order valence-electron chi connectivity index (χ1n) is 6.08. The van der Waals surface area contributed by atoms with Gasteiger partial charge in [-0.3, -0.25) is 0 Å². The summed E-state index contributed by atoms with van der Waals surface area (Å²) in [7, 11) is 0. The number of rotatable bonds is 2. The Bertz CT molecular complexity index is 550. The van der Waals surface area contributed by atoms with E-state index in [1.165, 1.54) is 25.5 Å². The zero-order chi connectivity index (χ0) is 12.5. The second-order valence-corrected chi connectivity index (χ2v) is 6.89. The van der Waals surface area contributed by atoms with Gasteiger partial charge in [-0.15, -0.1) is 11.3 Å². The molecule has 0 spiro atoms. The highest BCUT2D eigenvalue weighted by molar-refractivity contribution is 9.11. The van der Waals surface area contributed by atoms with E-state index in [-0.39, 0.29) is 0 Å². The van der Waals surface area contributed by atoms with E-state index in [4.69, 9.17) is 5.73 Å². The standard InChI is InChI=1S/C14H15BrN2S/c15-14-12(8-16)11-6-7-17(9-13(11)18-14)10-4-2-1-3-5-10/h1-5H,6-9,16H2. The molecule has 0 saturated heterocycles. The van der Waals surface area contributed by atoms with Gasteiger partial charge in [0.1, 0.15) is 0 Å². The number of anilines is 1. The molecule has 0 saturated carbocycles. The van der Waals surface area contributed by atoms with E-state index >= 15 is 0 Å². The summed E-state index contributed by atoms with van der Waals surface area (Å²) in [4.78, 5) is 3.89. The molecule has 2 aromatic rings. The van der Waals surface area contributed by atoms with Crippen LogP contribution in [0.3, 0.4) is 0 Å². The summed E-state index contributed by atoms with van der Waals surface area (Å²) in [5.41, 5.74) is 9.92. The number of nitrogens with zero attached hydrogens (tertiary/aromatic N) is 1. The maximum atomic E-state index is 5.83. The van der Waals surface area contributed by atoms with Crippen molar-refractivity contribution in [2.24, 2.45) is 5.73 Å². The molecule has 94 valence electrons. The Kier molecular flexibility index (Phi) is 3.41. The molecule has 0 radical (unpaired) electrons. The number of para-hydroxylation sites is 1. The van der Waals surface area contributed by atoms with Gasteiger partial charge in [0.15, 0.2) is 0 Å². The number of halogens is 1. The lowest BCUT2D eigenvalue weighted by molar-refractivity contribution is 0.737. The Balaban J connectivity index is 1.90. The number of hydrogen-bond acceptors (Lipinski definition) is 3. The largest absolute Gasteiger partial charge is 0.366 e. The van der Waals surface area contributed by atoms with Crippen molar-refractivity contribution in [2.75, 3.05) is 11.4 Å². The molecule has 0 amide bonds. The minimum Gasteiger partial charge on any atom is -0.366 e. The van der Waals surface area contributed by atoms with Gasteiger partial charge in [-0.05, 0) is 45.6 Å². The molecule has 0 bridgehead atoms. The molecule has 0 aliphatic carbocycles.